The Morgan fingerprint density at radius 1 is 1.46 bits per heavy atom. The van der Waals surface area contributed by atoms with Crippen molar-refractivity contribution in [3.05, 3.63) is 11.8 Å². The predicted molar refractivity (Wildman–Crippen MR) is 57.0 cm³/mol. The minimum absolute atomic E-state index is 0.318. The standard InChI is InChI=1S/C10H15NOS/c1-13-10-9(12)6-5-7-3-2-4-8(7)11-10/h4,7,9,12H,2-3,5-6H2,1H3. The zero-order valence-corrected chi connectivity index (χ0v) is 8.68. The van der Waals surface area contributed by atoms with E-state index in [0.717, 1.165) is 17.9 Å². The lowest BCUT2D eigenvalue weighted by Crippen LogP contribution is -2.15. The molecule has 2 aliphatic rings. The third-order valence-electron chi connectivity index (χ3n) is 2.81. The number of thioether (sulfide) groups is 1. The van der Waals surface area contributed by atoms with Gasteiger partial charge in [-0.25, -0.2) is 4.99 Å². The lowest BCUT2D eigenvalue weighted by atomic mass is 10.00. The summed E-state index contributed by atoms with van der Waals surface area (Å²) >= 11 is 1.58. The Kier molecular flexibility index (Phi) is 2.74. The number of aliphatic imine (C=N–C) groups is 1. The molecule has 2 nitrogen and oxygen atoms in total. The highest BCUT2D eigenvalue weighted by atomic mass is 32.2. The molecule has 1 heterocycles. The quantitative estimate of drug-likeness (QED) is 0.645. The molecule has 72 valence electrons. The maximum absolute atomic E-state index is 9.73. The Balaban J connectivity index is 2.24. The van der Waals surface area contributed by atoms with E-state index in [4.69, 9.17) is 0 Å². The molecule has 0 aromatic rings. The third kappa shape index (κ3) is 1.81. The summed E-state index contributed by atoms with van der Waals surface area (Å²) in [6.45, 7) is 0. The van der Waals surface area contributed by atoms with Crippen LogP contribution in [0.5, 0.6) is 0 Å². The molecule has 3 heteroatoms. The van der Waals surface area contributed by atoms with E-state index in [1.807, 2.05) is 6.26 Å². The molecule has 0 spiro atoms. The van der Waals surface area contributed by atoms with Gasteiger partial charge < -0.3 is 5.11 Å². The van der Waals surface area contributed by atoms with Crippen LogP contribution in [0.4, 0.5) is 0 Å². The first kappa shape index (κ1) is 9.28. The van der Waals surface area contributed by atoms with Crippen molar-refractivity contribution in [1.82, 2.24) is 0 Å². The maximum atomic E-state index is 9.73. The predicted octanol–water partition coefficient (Wildman–Crippen LogP) is 2.20. The van der Waals surface area contributed by atoms with E-state index < -0.39 is 0 Å². The SMILES string of the molecule is CSC1=NC2=CCCC2CCC1O. The second-order valence-electron chi connectivity index (χ2n) is 3.65. The molecule has 2 unspecified atom stereocenters. The fourth-order valence-corrected chi connectivity index (χ4v) is 2.63. The van der Waals surface area contributed by atoms with Crippen LogP contribution >= 0.6 is 11.8 Å². The van der Waals surface area contributed by atoms with Crippen LogP contribution in [0.25, 0.3) is 0 Å². The Labute approximate surface area is 83.1 Å². The number of nitrogens with zero attached hydrogens (tertiary/aromatic N) is 1. The van der Waals surface area contributed by atoms with Crippen LogP contribution in [0, 0.1) is 5.92 Å². The van der Waals surface area contributed by atoms with Crippen molar-refractivity contribution in [1.29, 1.82) is 0 Å². The molecule has 0 fully saturated rings. The van der Waals surface area contributed by atoms with E-state index in [0.29, 0.717) is 5.92 Å². The lowest BCUT2D eigenvalue weighted by molar-refractivity contribution is 0.227. The van der Waals surface area contributed by atoms with Crippen molar-refractivity contribution in [2.24, 2.45) is 10.9 Å². The van der Waals surface area contributed by atoms with E-state index in [1.54, 1.807) is 11.8 Å². The number of rotatable bonds is 0. The van der Waals surface area contributed by atoms with Crippen LogP contribution in [-0.2, 0) is 0 Å². The van der Waals surface area contributed by atoms with Gasteiger partial charge in [-0.1, -0.05) is 6.08 Å². The van der Waals surface area contributed by atoms with Gasteiger partial charge in [0.1, 0.15) is 11.1 Å². The van der Waals surface area contributed by atoms with Crippen LogP contribution < -0.4 is 0 Å². The number of hydrogen-bond donors (Lipinski definition) is 1. The van der Waals surface area contributed by atoms with Crippen LogP contribution in [0.15, 0.2) is 16.8 Å². The molecular weight excluding hydrogens is 182 g/mol. The van der Waals surface area contributed by atoms with E-state index >= 15 is 0 Å². The largest absolute Gasteiger partial charge is 0.386 e. The van der Waals surface area contributed by atoms with Gasteiger partial charge in [-0.05, 0) is 31.9 Å². The minimum Gasteiger partial charge on any atom is -0.386 e. The van der Waals surface area contributed by atoms with Gasteiger partial charge in [0.25, 0.3) is 0 Å². The van der Waals surface area contributed by atoms with E-state index in [1.165, 1.54) is 18.5 Å². The summed E-state index contributed by atoms with van der Waals surface area (Å²) in [5, 5.41) is 10.6. The number of aliphatic hydroxyl groups excluding tert-OH is 1. The summed E-state index contributed by atoms with van der Waals surface area (Å²) in [6.07, 6.45) is 8.26. The average molecular weight is 197 g/mol. The normalized spacial score (nSPS) is 33.4. The van der Waals surface area contributed by atoms with Crippen LogP contribution in [0.3, 0.4) is 0 Å². The Bertz CT molecular complexity index is 260. The second-order valence-corrected chi connectivity index (χ2v) is 4.48. The van der Waals surface area contributed by atoms with Gasteiger partial charge in [0.15, 0.2) is 0 Å². The highest BCUT2D eigenvalue weighted by Crippen LogP contribution is 2.34. The van der Waals surface area contributed by atoms with E-state index in [2.05, 4.69) is 11.1 Å². The molecule has 0 saturated heterocycles. The van der Waals surface area contributed by atoms with Crippen molar-refractivity contribution >= 4 is 16.8 Å². The Hall–Kier alpha value is -0.280. The van der Waals surface area contributed by atoms with Crippen LogP contribution in [0.1, 0.15) is 25.7 Å². The molecule has 0 radical (unpaired) electrons. The van der Waals surface area contributed by atoms with Gasteiger partial charge in [-0.2, -0.15) is 0 Å². The minimum atomic E-state index is -0.318. The molecule has 2 atom stereocenters. The van der Waals surface area contributed by atoms with Crippen molar-refractivity contribution in [2.45, 2.75) is 31.8 Å². The zero-order valence-electron chi connectivity index (χ0n) is 7.86. The van der Waals surface area contributed by atoms with Crippen molar-refractivity contribution < 1.29 is 5.11 Å². The molecule has 0 aromatic carbocycles. The number of hydrogen-bond acceptors (Lipinski definition) is 3. The van der Waals surface area contributed by atoms with Gasteiger partial charge in [0, 0.05) is 11.6 Å². The Morgan fingerprint density at radius 3 is 3.08 bits per heavy atom. The fraction of sp³-hybridized carbons (Fsp3) is 0.700. The van der Waals surface area contributed by atoms with E-state index in [-0.39, 0.29) is 6.10 Å². The first-order valence-corrected chi connectivity index (χ1v) is 6.04. The highest BCUT2D eigenvalue weighted by molar-refractivity contribution is 8.13. The second kappa shape index (κ2) is 3.84. The lowest BCUT2D eigenvalue weighted by Gasteiger charge is -2.08. The van der Waals surface area contributed by atoms with Gasteiger partial charge in [0.05, 0.1) is 0 Å². The van der Waals surface area contributed by atoms with Crippen LogP contribution in [0.2, 0.25) is 0 Å². The third-order valence-corrected chi connectivity index (χ3v) is 3.59. The summed E-state index contributed by atoms with van der Waals surface area (Å²) in [4.78, 5) is 4.53. The summed E-state index contributed by atoms with van der Waals surface area (Å²) < 4.78 is 0. The smallest absolute Gasteiger partial charge is 0.102 e. The summed E-state index contributed by atoms with van der Waals surface area (Å²) in [6, 6.07) is 0. The van der Waals surface area contributed by atoms with Gasteiger partial charge >= 0.3 is 0 Å². The van der Waals surface area contributed by atoms with Crippen molar-refractivity contribution in [2.75, 3.05) is 6.26 Å². The number of fused-ring (bicyclic) bond motifs is 1. The highest BCUT2D eigenvalue weighted by Gasteiger charge is 2.25. The Morgan fingerprint density at radius 2 is 2.31 bits per heavy atom. The zero-order chi connectivity index (χ0) is 9.26. The molecule has 0 amide bonds. The first-order valence-electron chi connectivity index (χ1n) is 4.82. The fourth-order valence-electron chi connectivity index (χ4n) is 2.04. The van der Waals surface area contributed by atoms with E-state index in [9.17, 15) is 5.11 Å². The molecule has 0 bridgehead atoms. The molecule has 1 aliphatic carbocycles. The molecular formula is C10H15NOS. The maximum Gasteiger partial charge on any atom is 0.102 e. The van der Waals surface area contributed by atoms with Gasteiger partial charge in [-0.15, -0.1) is 11.8 Å². The van der Waals surface area contributed by atoms with Gasteiger partial charge in [-0.3, -0.25) is 0 Å². The molecule has 1 aliphatic heterocycles. The number of aliphatic hydroxyl groups is 1. The molecule has 0 aromatic heterocycles. The van der Waals surface area contributed by atoms with Gasteiger partial charge in [0.2, 0.25) is 0 Å². The molecule has 1 N–H and O–H groups in total. The molecule has 13 heavy (non-hydrogen) atoms. The summed E-state index contributed by atoms with van der Waals surface area (Å²) in [5.41, 5.74) is 1.22. The summed E-state index contributed by atoms with van der Waals surface area (Å²) in [5.74, 6) is 0.624. The summed E-state index contributed by atoms with van der Waals surface area (Å²) in [7, 11) is 0. The first-order chi connectivity index (χ1) is 6.31. The molecule has 2 rings (SSSR count). The monoisotopic (exact) mass is 197 g/mol. The van der Waals surface area contributed by atoms with Crippen LogP contribution in [-0.4, -0.2) is 22.5 Å². The topological polar surface area (TPSA) is 32.6 Å². The molecule has 0 saturated carbocycles. The van der Waals surface area contributed by atoms with Crippen molar-refractivity contribution in [3.8, 4) is 0 Å². The van der Waals surface area contributed by atoms with Crippen molar-refractivity contribution in [3.63, 3.8) is 0 Å². The number of allylic oxidation sites excluding steroid dienone is 2. The average Bonchev–Trinajstić information content (AvgIpc) is 2.52.